The molecule has 7 nitrogen and oxygen atoms in total. The zero-order chi connectivity index (χ0) is 21.8. The van der Waals surface area contributed by atoms with Gasteiger partial charge in [-0.05, 0) is 41.5 Å². The first-order valence-corrected chi connectivity index (χ1v) is 10.6. The van der Waals surface area contributed by atoms with Crippen LogP contribution in [-0.4, -0.2) is 46.5 Å². The minimum Gasteiger partial charge on any atom is -0.478 e. The number of ether oxygens (including phenoxy) is 1. The molecule has 0 aromatic heterocycles. The van der Waals surface area contributed by atoms with E-state index in [1.165, 1.54) is 5.56 Å². The van der Waals surface area contributed by atoms with E-state index in [2.05, 4.69) is 6.07 Å². The molecule has 0 radical (unpaired) electrons. The Hall–Kier alpha value is -3.57. The number of thioether (sulfide) groups is 1. The number of carbonyl (C=O) groups is 3. The molecule has 31 heavy (non-hydrogen) atoms. The fourth-order valence-electron chi connectivity index (χ4n) is 3.56. The second-order valence-electron chi connectivity index (χ2n) is 7.09. The first kappa shape index (κ1) is 20.7. The third-order valence-corrected chi connectivity index (χ3v) is 6.06. The van der Waals surface area contributed by atoms with Crippen LogP contribution in [0.5, 0.6) is 5.75 Å². The van der Waals surface area contributed by atoms with Crippen LogP contribution < -0.4 is 4.74 Å². The highest BCUT2D eigenvalue weighted by Crippen LogP contribution is 2.34. The molecule has 0 N–H and O–H groups in total. The Morgan fingerprint density at radius 1 is 1.13 bits per heavy atom. The highest BCUT2D eigenvalue weighted by Gasteiger charge is 2.37. The fourth-order valence-corrected chi connectivity index (χ4v) is 4.39. The minimum absolute atomic E-state index is 0.125. The molecule has 8 heteroatoms. The van der Waals surface area contributed by atoms with E-state index in [1.807, 2.05) is 24.3 Å². The summed E-state index contributed by atoms with van der Waals surface area (Å²) in [5.74, 6) is -0.314. The van der Waals surface area contributed by atoms with Gasteiger partial charge >= 0.3 is 0 Å². The molecule has 0 aliphatic carbocycles. The number of fused-ring (bicyclic) bond motifs is 1. The smallest absolute Gasteiger partial charge is 0.294 e. The Kier molecular flexibility index (Phi) is 6.05. The molecular formula is C23H19N3O4S. The van der Waals surface area contributed by atoms with Crippen LogP contribution in [0.4, 0.5) is 4.79 Å². The average Bonchev–Trinajstić information content (AvgIpc) is 3.05. The highest BCUT2D eigenvalue weighted by molar-refractivity contribution is 8.18. The van der Waals surface area contributed by atoms with E-state index < -0.39 is 11.1 Å². The SMILES string of the molecule is N#CCOc1ccccc1/C=C1\SC(=O)N(CC(=O)N2CCc3ccccc3C2)C1=O. The van der Waals surface area contributed by atoms with Crippen molar-refractivity contribution in [2.24, 2.45) is 0 Å². The molecule has 0 spiro atoms. The highest BCUT2D eigenvalue weighted by atomic mass is 32.2. The quantitative estimate of drug-likeness (QED) is 0.673. The maximum atomic E-state index is 12.8. The topological polar surface area (TPSA) is 90.7 Å². The maximum absolute atomic E-state index is 12.8. The van der Waals surface area contributed by atoms with Gasteiger partial charge in [0.25, 0.3) is 11.1 Å². The van der Waals surface area contributed by atoms with Crippen LogP contribution in [0, 0.1) is 11.3 Å². The molecular weight excluding hydrogens is 414 g/mol. The Bertz CT molecular complexity index is 1120. The lowest BCUT2D eigenvalue weighted by atomic mass is 10.00. The van der Waals surface area contributed by atoms with Crippen molar-refractivity contribution in [3.05, 3.63) is 70.1 Å². The predicted molar refractivity (Wildman–Crippen MR) is 116 cm³/mol. The molecule has 2 aromatic carbocycles. The van der Waals surface area contributed by atoms with E-state index in [9.17, 15) is 14.4 Å². The van der Waals surface area contributed by atoms with Crippen LogP contribution in [-0.2, 0) is 22.6 Å². The number of nitriles is 1. The van der Waals surface area contributed by atoms with Crippen molar-refractivity contribution in [3.8, 4) is 11.8 Å². The van der Waals surface area contributed by atoms with Crippen LogP contribution in [0.15, 0.2) is 53.4 Å². The van der Waals surface area contributed by atoms with Gasteiger partial charge in [-0.1, -0.05) is 42.5 Å². The molecule has 2 heterocycles. The molecule has 1 saturated heterocycles. The fraction of sp³-hybridized carbons (Fsp3) is 0.217. The molecule has 0 bridgehead atoms. The van der Waals surface area contributed by atoms with Crippen molar-refractivity contribution >= 4 is 34.9 Å². The molecule has 2 aliphatic heterocycles. The number of nitrogens with zero attached hydrogens (tertiary/aromatic N) is 3. The third kappa shape index (κ3) is 4.47. The summed E-state index contributed by atoms with van der Waals surface area (Å²) in [5, 5.41) is 8.25. The van der Waals surface area contributed by atoms with Crippen LogP contribution >= 0.6 is 11.8 Å². The Morgan fingerprint density at radius 3 is 2.68 bits per heavy atom. The molecule has 0 saturated carbocycles. The van der Waals surface area contributed by atoms with E-state index >= 15 is 0 Å². The summed E-state index contributed by atoms with van der Waals surface area (Å²) < 4.78 is 5.37. The number of para-hydroxylation sites is 1. The van der Waals surface area contributed by atoms with Gasteiger partial charge in [0, 0.05) is 18.7 Å². The summed E-state index contributed by atoms with van der Waals surface area (Å²) in [5.41, 5.74) is 2.89. The Balaban J connectivity index is 1.46. The van der Waals surface area contributed by atoms with Crippen molar-refractivity contribution < 1.29 is 19.1 Å². The van der Waals surface area contributed by atoms with Crippen molar-refractivity contribution in [1.82, 2.24) is 9.80 Å². The molecule has 4 rings (SSSR count). The van der Waals surface area contributed by atoms with E-state index in [1.54, 1.807) is 35.2 Å². The number of rotatable bonds is 5. The van der Waals surface area contributed by atoms with Crippen molar-refractivity contribution in [2.75, 3.05) is 19.7 Å². The van der Waals surface area contributed by atoms with E-state index in [-0.39, 0.29) is 24.0 Å². The molecule has 3 amide bonds. The molecule has 156 valence electrons. The molecule has 2 aliphatic rings. The normalized spacial score (nSPS) is 16.9. The largest absolute Gasteiger partial charge is 0.478 e. The minimum atomic E-state index is -0.504. The number of hydrogen-bond donors (Lipinski definition) is 0. The van der Waals surface area contributed by atoms with Crippen molar-refractivity contribution in [2.45, 2.75) is 13.0 Å². The standard InChI is InChI=1S/C23H19N3O4S/c24-10-12-30-19-8-4-3-6-17(19)13-20-22(28)26(23(29)31-20)15-21(27)25-11-9-16-5-1-2-7-18(16)14-25/h1-8,13H,9,11-12,14-15H2/b20-13-. The molecule has 0 unspecified atom stereocenters. The van der Waals surface area contributed by atoms with Gasteiger partial charge in [-0.3, -0.25) is 19.3 Å². The van der Waals surface area contributed by atoms with Crippen LogP contribution in [0.3, 0.4) is 0 Å². The molecule has 1 fully saturated rings. The molecule has 0 atom stereocenters. The lowest BCUT2D eigenvalue weighted by Gasteiger charge is -2.29. The first-order chi connectivity index (χ1) is 15.1. The van der Waals surface area contributed by atoms with Crippen LogP contribution in [0.1, 0.15) is 16.7 Å². The lowest BCUT2D eigenvalue weighted by Crippen LogP contribution is -2.44. The van der Waals surface area contributed by atoms with Crippen molar-refractivity contribution in [3.63, 3.8) is 0 Å². The molecule has 2 aromatic rings. The Morgan fingerprint density at radius 2 is 1.87 bits per heavy atom. The first-order valence-electron chi connectivity index (χ1n) is 9.75. The predicted octanol–water partition coefficient (Wildman–Crippen LogP) is 3.21. The van der Waals surface area contributed by atoms with Gasteiger partial charge in [-0.25, -0.2) is 0 Å². The number of hydrogen-bond acceptors (Lipinski definition) is 6. The van der Waals surface area contributed by atoms with Crippen LogP contribution in [0.25, 0.3) is 6.08 Å². The van der Waals surface area contributed by atoms with E-state index in [0.717, 1.165) is 28.6 Å². The monoisotopic (exact) mass is 433 g/mol. The lowest BCUT2D eigenvalue weighted by molar-refractivity contribution is -0.136. The number of carbonyl (C=O) groups excluding carboxylic acids is 3. The third-order valence-electron chi connectivity index (χ3n) is 5.15. The van der Waals surface area contributed by atoms with Gasteiger partial charge in [0.15, 0.2) is 6.61 Å². The zero-order valence-electron chi connectivity index (χ0n) is 16.6. The van der Waals surface area contributed by atoms with Gasteiger partial charge in [-0.2, -0.15) is 5.26 Å². The zero-order valence-corrected chi connectivity index (χ0v) is 17.4. The van der Waals surface area contributed by atoms with Crippen molar-refractivity contribution in [1.29, 1.82) is 5.26 Å². The summed E-state index contributed by atoms with van der Waals surface area (Å²) in [6.07, 6.45) is 2.31. The van der Waals surface area contributed by atoms with Gasteiger partial charge in [0.1, 0.15) is 18.4 Å². The van der Waals surface area contributed by atoms with E-state index in [4.69, 9.17) is 10.00 Å². The number of imide groups is 1. The van der Waals surface area contributed by atoms with Gasteiger partial charge in [-0.15, -0.1) is 0 Å². The summed E-state index contributed by atoms with van der Waals surface area (Å²) in [7, 11) is 0. The van der Waals surface area contributed by atoms with Gasteiger partial charge < -0.3 is 9.64 Å². The summed E-state index contributed by atoms with van der Waals surface area (Å²) in [6, 6.07) is 16.8. The summed E-state index contributed by atoms with van der Waals surface area (Å²) in [6.45, 7) is 0.632. The van der Waals surface area contributed by atoms with Crippen LogP contribution in [0.2, 0.25) is 0 Å². The number of benzene rings is 2. The summed E-state index contributed by atoms with van der Waals surface area (Å²) in [4.78, 5) is 40.9. The number of amides is 3. The Labute approximate surface area is 183 Å². The second kappa shape index (κ2) is 9.06. The second-order valence-corrected chi connectivity index (χ2v) is 8.08. The van der Waals surface area contributed by atoms with Gasteiger partial charge in [0.05, 0.1) is 4.91 Å². The summed E-state index contributed by atoms with van der Waals surface area (Å²) >= 11 is 0.794. The average molecular weight is 433 g/mol. The maximum Gasteiger partial charge on any atom is 0.294 e. The van der Waals surface area contributed by atoms with E-state index in [0.29, 0.717) is 24.4 Å². The van der Waals surface area contributed by atoms with Gasteiger partial charge in [0.2, 0.25) is 5.91 Å².